The first-order valence-electron chi connectivity index (χ1n) is 6.53. The average Bonchev–Trinajstić information content (AvgIpc) is 2.81. The summed E-state index contributed by atoms with van der Waals surface area (Å²) in [6.07, 6.45) is 2.88. The van der Waals surface area contributed by atoms with E-state index in [-0.39, 0.29) is 0 Å². The van der Waals surface area contributed by atoms with E-state index in [0.717, 1.165) is 12.1 Å². The monoisotopic (exact) mass is 258 g/mol. The third-order valence-electron chi connectivity index (χ3n) is 3.34. The van der Waals surface area contributed by atoms with E-state index in [4.69, 9.17) is 0 Å². The lowest BCUT2D eigenvalue weighted by atomic mass is 10.0. The number of aryl methyl sites for hydroxylation is 1. The molecule has 0 aliphatic carbocycles. The van der Waals surface area contributed by atoms with E-state index in [1.165, 1.54) is 11.3 Å². The number of anilines is 1. The normalized spacial score (nSPS) is 12.4. The Morgan fingerprint density at radius 1 is 1.21 bits per heavy atom. The summed E-state index contributed by atoms with van der Waals surface area (Å²) in [6, 6.07) is 11.0. The van der Waals surface area contributed by atoms with E-state index in [1.54, 1.807) is 0 Å². The van der Waals surface area contributed by atoms with Crippen molar-refractivity contribution in [1.82, 2.24) is 15.1 Å². The van der Waals surface area contributed by atoms with E-state index in [9.17, 15) is 0 Å². The van der Waals surface area contributed by atoms with Crippen LogP contribution in [0.15, 0.2) is 36.5 Å². The molecule has 0 aliphatic heterocycles. The summed E-state index contributed by atoms with van der Waals surface area (Å²) >= 11 is 0. The zero-order chi connectivity index (χ0) is 13.8. The molecule has 0 saturated heterocycles. The summed E-state index contributed by atoms with van der Waals surface area (Å²) in [7, 11) is 8.05. The van der Waals surface area contributed by atoms with Crippen molar-refractivity contribution in [2.24, 2.45) is 7.05 Å². The minimum Gasteiger partial charge on any atom is -0.378 e. The topological polar surface area (TPSA) is 33.1 Å². The van der Waals surface area contributed by atoms with Gasteiger partial charge in [-0.2, -0.15) is 5.10 Å². The molecule has 0 bridgehead atoms. The number of likely N-dealkylation sites (N-methyl/N-ethyl adjacent to an activating group) is 1. The average molecular weight is 258 g/mol. The molecular formula is C15H22N4. The molecule has 1 unspecified atom stereocenters. The van der Waals surface area contributed by atoms with Gasteiger partial charge in [-0.1, -0.05) is 12.1 Å². The molecule has 4 nitrogen and oxygen atoms in total. The van der Waals surface area contributed by atoms with E-state index in [1.807, 2.05) is 25.0 Å². The maximum atomic E-state index is 4.44. The summed E-state index contributed by atoms with van der Waals surface area (Å²) in [5.41, 5.74) is 3.62. The number of aromatic nitrogens is 2. The van der Waals surface area contributed by atoms with Crippen LogP contribution < -0.4 is 10.2 Å². The summed E-state index contributed by atoms with van der Waals surface area (Å²) in [4.78, 5) is 2.11. The minimum absolute atomic E-state index is 0.297. The van der Waals surface area contributed by atoms with Gasteiger partial charge in [0.05, 0.1) is 5.69 Å². The van der Waals surface area contributed by atoms with Crippen molar-refractivity contribution in [3.63, 3.8) is 0 Å². The SMILES string of the molecule is CNC(Cc1ccn(C)n1)c1ccc(N(C)C)cc1. The first-order valence-corrected chi connectivity index (χ1v) is 6.53. The van der Waals surface area contributed by atoms with Crippen molar-refractivity contribution < 1.29 is 0 Å². The van der Waals surface area contributed by atoms with Crippen LogP contribution in [0.4, 0.5) is 5.69 Å². The van der Waals surface area contributed by atoms with Crippen molar-refractivity contribution >= 4 is 5.69 Å². The maximum Gasteiger partial charge on any atom is 0.0643 e. The van der Waals surface area contributed by atoms with Crippen LogP contribution in [-0.4, -0.2) is 30.9 Å². The molecule has 1 atom stereocenters. The molecule has 1 aromatic carbocycles. The highest BCUT2D eigenvalue weighted by Crippen LogP contribution is 2.20. The Bertz CT molecular complexity index is 513. The number of hydrogen-bond donors (Lipinski definition) is 1. The highest BCUT2D eigenvalue weighted by Gasteiger charge is 2.11. The van der Waals surface area contributed by atoms with Crippen LogP contribution in [0.5, 0.6) is 0 Å². The van der Waals surface area contributed by atoms with E-state index in [0.29, 0.717) is 6.04 Å². The van der Waals surface area contributed by atoms with Crippen molar-refractivity contribution in [1.29, 1.82) is 0 Å². The Labute approximate surface area is 115 Å². The molecule has 0 amide bonds. The van der Waals surface area contributed by atoms with Crippen LogP contribution in [0.25, 0.3) is 0 Å². The molecule has 2 aromatic rings. The van der Waals surface area contributed by atoms with Crippen LogP contribution >= 0.6 is 0 Å². The molecule has 4 heteroatoms. The molecule has 1 aromatic heterocycles. The standard InChI is InChI=1S/C15H22N4/c1-16-15(11-13-9-10-19(4)17-13)12-5-7-14(8-6-12)18(2)3/h5-10,15-16H,11H2,1-4H3. The molecule has 1 heterocycles. The van der Waals surface area contributed by atoms with Crippen molar-refractivity contribution in [3.05, 3.63) is 47.8 Å². The molecule has 19 heavy (non-hydrogen) atoms. The van der Waals surface area contributed by atoms with Crippen molar-refractivity contribution in [2.75, 3.05) is 26.0 Å². The van der Waals surface area contributed by atoms with Gasteiger partial charge in [0.15, 0.2) is 0 Å². The van der Waals surface area contributed by atoms with Gasteiger partial charge >= 0.3 is 0 Å². The fourth-order valence-corrected chi connectivity index (χ4v) is 2.17. The van der Waals surface area contributed by atoms with Gasteiger partial charge in [-0.05, 0) is 30.8 Å². The van der Waals surface area contributed by atoms with E-state index in [2.05, 4.69) is 59.7 Å². The Hall–Kier alpha value is -1.81. The van der Waals surface area contributed by atoms with Crippen LogP contribution in [0, 0.1) is 0 Å². The smallest absolute Gasteiger partial charge is 0.0643 e. The number of hydrogen-bond acceptors (Lipinski definition) is 3. The Kier molecular flexibility index (Phi) is 4.22. The third kappa shape index (κ3) is 3.35. The van der Waals surface area contributed by atoms with Crippen LogP contribution in [0.1, 0.15) is 17.3 Å². The van der Waals surface area contributed by atoms with Gasteiger partial charge in [0.2, 0.25) is 0 Å². The van der Waals surface area contributed by atoms with Crippen molar-refractivity contribution in [3.8, 4) is 0 Å². The first-order chi connectivity index (χ1) is 9.10. The summed E-state index contributed by atoms with van der Waals surface area (Å²) in [5.74, 6) is 0. The summed E-state index contributed by atoms with van der Waals surface area (Å²) < 4.78 is 1.84. The fraction of sp³-hybridized carbons (Fsp3) is 0.400. The highest BCUT2D eigenvalue weighted by molar-refractivity contribution is 5.46. The largest absolute Gasteiger partial charge is 0.378 e. The molecule has 102 valence electrons. The molecule has 0 aliphatic rings. The molecule has 0 radical (unpaired) electrons. The number of benzene rings is 1. The van der Waals surface area contributed by atoms with Crippen LogP contribution in [0.3, 0.4) is 0 Å². The van der Waals surface area contributed by atoms with Crippen molar-refractivity contribution in [2.45, 2.75) is 12.5 Å². The molecule has 0 saturated carbocycles. The Balaban J connectivity index is 2.12. The number of rotatable bonds is 5. The molecule has 0 fully saturated rings. The van der Waals surface area contributed by atoms with Gasteiger partial charge in [-0.25, -0.2) is 0 Å². The second-order valence-corrected chi connectivity index (χ2v) is 5.01. The lowest BCUT2D eigenvalue weighted by molar-refractivity contribution is 0.577. The van der Waals surface area contributed by atoms with E-state index < -0.39 is 0 Å². The molecular weight excluding hydrogens is 236 g/mol. The van der Waals surface area contributed by atoms with Crippen LogP contribution in [0.2, 0.25) is 0 Å². The Morgan fingerprint density at radius 3 is 2.37 bits per heavy atom. The maximum absolute atomic E-state index is 4.44. The second kappa shape index (κ2) is 5.89. The number of nitrogens with zero attached hydrogens (tertiary/aromatic N) is 3. The summed E-state index contributed by atoms with van der Waals surface area (Å²) in [5, 5.41) is 7.80. The zero-order valence-corrected chi connectivity index (χ0v) is 12.1. The lowest BCUT2D eigenvalue weighted by Crippen LogP contribution is -2.19. The number of nitrogens with one attached hydrogen (secondary N) is 1. The van der Waals surface area contributed by atoms with Gasteiger partial charge in [-0.3, -0.25) is 4.68 Å². The lowest BCUT2D eigenvalue weighted by Gasteiger charge is -2.18. The van der Waals surface area contributed by atoms with Gasteiger partial charge in [-0.15, -0.1) is 0 Å². The zero-order valence-electron chi connectivity index (χ0n) is 12.1. The first kappa shape index (κ1) is 13.6. The van der Waals surface area contributed by atoms with Gasteiger partial charge < -0.3 is 10.2 Å². The second-order valence-electron chi connectivity index (χ2n) is 5.01. The summed E-state index contributed by atoms with van der Waals surface area (Å²) in [6.45, 7) is 0. The van der Waals surface area contributed by atoms with E-state index >= 15 is 0 Å². The molecule has 2 rings (SSSR count). The molecule has 1 N–H and O–H groups in total. The predicted octanol–water partition coefficient (Wildman–Crippen LogP) is 1.99. The quantitative estimate of drug-likeness (QED) is 0.890. The van der Waals surface area contributed by atoms with Gasteiger partial charge in [0.25, 0.3) is 0 Å². The predicted molar refractivity (Wildman–Crippen MR) is 79.5 cm³/mol. The fourth-order valence-electron chi connectivity index (χ4n) is 2.17. The van der Waals surface area contributed by atoms with Gasteiger partial charge in [0.1, 0.15) is 0 Å². The van der Waals surface area contributed by atoms with Gasteiger partial charge in [0, 0.05) is 45.5 Å². The van der Waals surface area contributed by atoms with Crippen LogP contribution in [-0.2, 0) is 13.5 Å². The third-order valence-corrected chi connectivity index (χ3v) is 3.34. The molecule has 0 spiro atoms. The minimum atomic E-state index is 0.297. The highest BCUT2D eigenvalue weighted by atomic mass is 15.2. The Morgan fingerprint density at radius 2 is 1.89 bits per heavy atom.